The molecule has 2 aromatic carbocycles. The van der Waals surface area contributed by atoms with E-state index in [4.69, 9.17) is 11.6 Å². The Hall–Kier alpha value is -2.25. The molecule has 1 fully saturated rings. The second-order valence-corrected chi connectivity index (χ2v) is 7.34. The van der Waals surface area contributed by atoms with E-state index >= 15 is 0 Å². The molecule has 0 spiro atoms. The minimum absolute atomic E-state index is 0.0770. The zero-order chi connectivity index (χ0) is 21.2. The molecule has 1 aliphatic rings. The fourth-order valence-electron chi connectivity index (χ4n) is 3.45. The summed E-state index contributed by atoms with van der Waals surface area (Å²) < 4.78 is 54.5. The molecular weight excluding hydrogens is 406 g/mol. The maximum absolute atomic E-state index is 13.8. The quantitative estimate of drug-likeness (QED) is 0.655. The second-order valence-electron chi connectivity index (χ2n) is 6.94. The van der Waals surface area contributed by atoms with Gasteiger partial charge < -0.3 is 15.1 Å². The molecule has 0 saturated carbocycles. The maximum atomic E-state index is 13.8. The lowest BCUT2D eigenvalue weighted by molar-refractivity contribution is -0.0931. The number of piperazine rings is 1. The first-order valence-corrected chi connectivity index (χ1v) is 9.59. The van der Waals surface area contributed by atoms with Crippen molar-refractivity contribution in [1.29, 1.82) is 0 Å². The lowest BCUT2D eigenvalue weighted by atomic mass is 10.1. The molecule has 29 heavy (non-hydrogen) atoms. The summed E-state index contributed by atoms with van der Waals surface area (Å²) in [6.07, 6.45) is -4.62. The van der Waals surface area contributed by atoms with Crippen LogP contribution in [-0.4, -0.2) is 32.4 Å². The van der Waals surface area contributed by atoms with Crippen LogP contribution < -0.4 is 15.1 Å². The summed E-state index contributed by atoms with van der Waals surface area (Å²) in [7, 11) is 0. The van der Waals surface area contributed by atoms with Crippen molar-refractivity contribution < 1.29 is 17.6 Å². The molecule has 0 amide bonds. The van der Waals surface area contributed by atoms with Crippen molar-refractivity contribution in [3.05, 3.63) is 70.6 Å². The highest BCUT2D eigenvalue weighted by Gasteiger charge is 2.37. The van der Waals surface area contributed by atoms with Gasteiger partial charge in [0.2, 0.25) is 0 Å². The first kappa shape index (κ1) is 21.5. The molecule has 1 saturated heterocycles. The molecule has 0 unspecified atom stereocenters. The monoisotopic (exact) mass is 427 g/mol. The van der Waals surface area contributed by atoms with Gasteiger partial charge in [-0.2, -0.15) is 13.2 Å². The molecule has 3 nitrogen and oxygen atoms in total. The summed E-state index contributed by atoms with van der Waals surface area (Å²) in [6.45, 7) is 8.06. The van der Waals surface area contributed by atoms with Crippen LogP contribution in [0.2, 0.25) is 5.02 Å². The Morgan fingerprint density at radius 3 is 2.52 bits per heavy atom. The zero-order valence-electron chi connectivity index (χ0n) is 16.0. The van der Waals surface area contributed by atoms with Crippen LogP contribution in [0.4, 0.5) is 28.9 Å². The van der Waals surface area contributed by atoms with E-state index in [0.29, 0.717) is 16.8 Å². The van der Waals surface area contributed by atoms with Crippen LogP contribution in [-0.2, 0) is 6.54 Å². The fourth-order valence-corrected chi connectivity index (χ4v) is 3.57. The number of alkyl halides is 3. The van der Waals surface area contributed by atoms with Gasteiger partial charge in [0, 0.05) is 44.1 Å². The normalized spacial score (nSPS) is 14.8. The van der Waals surface area contributed by atoms with E-state index in [2.05, 4.69) is 16.8 Å². The van der Waals surface area contributed by atoms with Crippen molar-refractivity contribution in [3.8, 4) is 0 Å². The van der Waals surface area contributed by atoms with Crippen LogP contribution in [0.15, 0.2) is 48.7 Å². The molecule has 2 aromatic rings. The van der Waals surface area contributed by atoms with E-state index < -0.39 is 17.7 Å². The third kappa shape index (κ3) is 4.85. The standard InChI is InChI=1S/C21H22ClF4N3/c1-14-19(28-10-8-27-9-11-28)4-3-5-20(14)29(15(2)21(24,25)26)13-16-6-7-17(22)18(23)12-16/h3-7,12,27H,2,8-11,13H2,1H3. The number of benzene rings is 2. The lowest BCUT2D eigenvalue weighted by Crippen LogP contribution is -2.44. The second kappa shape index (κ2) is 8.63. The molecule has 0 radical (unpaired) electrons. The number of halogens is 5. The summed E-state index contributed by atoms with van der Waals surface area (Å²) in [5, 5.41) is 3.18. The molecule has 3 rings (SSSR count). The van der Waals surface area contributed by atoms with Crippen molar-refractivity contribution in [3.63, 3.8) is 0 Å². The number of allylic oxidation sites excluding steroid dienone is 1. The molecule has 1 heterocycles. The number of anilines is 2. The Kier molecular flexibility index (Phi) is 6.39. The Morgan fingerprint density at radius 1 is 1.21 bits per heavy atom. The molecule has 8 heteroatoms. The van der Waals surface area contributed by atoms with Gasteiger partial charge in [0.1, 0.15) is 11.5 Å². The summed E-state index contributed by atoms with van der Waals surface area (Å²) in [5.41, 5.74) is 1.34. The highest BCUT2D eigenvalue weighted by atomic mass is 35.5. The molecule has 0 aromatic heterocycles. The molecule has 0 aliphatic carbocycles. The molecular formula is C21H22ClF4N3. The SMILES string of the molecule is C=C(N(Cc1ccc(Cl)c(F)c1)c1cccc(N2CCNCC2)c1C)C(F)(F)F. The van der Waals surface area contributed by atoms with Crippen molar-refractivity contribution in [1.82, 2.24) is 5.32 Å². The highest BCUT2D eigenvalue weighted by Crippen LogP contribution is 2.37. The number of hydrogen-bond donors (Lipinski definition) is 1. The van der Waals surface area contributed by atoms with Gasteiger partial charge in [-0.25, -0.2) is 4.39 Å². The minimum atomic E-state index is -4.62. The van der Waals surface area contributed by atoms with Gasteiger partial charge in [-0.1, -0.05) is 30.3 Å². The molecule has 0 atom stereocenters. The summed E-state index contributed by atoms with van der Waals surface area (Å²) in [5.74, 6) is -0.673. The molecule has 1 aliphatic heterocycles. The Bertz CT molecular complexity index is 892. The third-order valence-electron chi connectivity index (χ3n) is 5.00. The van der Waals surface area contributed by atoms with E-state index in [9.17, 15) is 17.6 Å². The third-order valence-corrected chi connectivity index (χ3v) is 5.31. The van der Waals surface area contributed by atoms with E-state index in [1.807, 2.05) is 6.07 Å². The molecule has 0 bridgehead atoms. The van der Waals surface area contributed by atoms with Crippen LogP contribution in [0.1, 0.15) is 11.1 Å². The predicted molar refractivity (Wildman–Crippen MR) is 109 cm³/mol. The van der Waals surface area contributed by atoms with Crippen LogP contribution in [0, 0.1) is 12.7 Å². The Morgan fingerprint density at radius 2 is 1.90 bits per heavy atom. The van der Waals surface area contributed by atoms with Crippen molar-refractivity contribution in [2.45, 2.75) is 19.6 Å². The van der Waals surface area contributed by atoms with E-state index in [0.717, 1.165) is 42.8 Å². The summed E-state index contributed by atoms with van der Waals surface area (Å²) in [4.78, 5) is 3.23. The van der Waals surface area contributed by atoms with E-state index in [-0.39, 0.29) is 11.6 Å². The number of nitrogens with one attached hydrogen (secondary N) is 1. The van der Waals surface area contributed by atoms with Crippen LogP contribution in [0.25, 0.3) is 0 Å². The molecule has 156 valence electrons. The highest BCUT2D eigenvalue weighted by molar-refractivity contribution is 6.30. The van der Waals surface area contributed by atoms with Gasteiger partial charge in [-0.3, -0.25) is 0 Å². The van der Waals surface area contributed by atoms with Crippen molar-refractivity contribution in [2.24, 2.45) is 0 Å². The van der Waals surface area contributed by atoms with Crippen LogP contribution >= 0.6 is 11.6 Å². The summed E-state index contributed by atoms with van der Waals surface area (Å²) in [6, 6.07) is 9.26. The van der Waals surface area contributed by atoms with Gasteiger partial charge >= 0.3 is 6.18 Å². The molecule has 1 N–H and O–H groups in total. The van der Waals surface area contributed by atoms with E-state index in [1.54, 1.807) is 19.1 Å². The number of rotatable bonds is 5. The minimum Gasteiger partial charge on any atom is -0.369 e. The van der Waals surface area contributed by atoms with Gasteiger partial charge in [0.25, 0.3) is 0 Å². The summed E-state index contributed by atoms with van der Waals surface area (Å²) >= 11 is 5.70. The smallest absolute Gasteiger partial charge is 0.369 e. The van der Waals surface area contributed by atoms with Gasteiger partial charge in [0.15, 0.2) is 0 Å². The number of nitrogens with zero attached hydrogens (tertiary/aromatic N) is 2. The van der Waals surface area contributed by atoms with Crippen molar-refractivity contribution in [2.75, 3.05) is 36.0 Å². The number of hydrogen-bond acceptors (Lipinski definition) is 3. The van der Waals surface area contributed by atoms with Crippen molar-refractivity contribution >= 4 is 23.0 Å². The predicted octanol–water partition coefficient (Wildman–Crippen LogP) is 5.28. The van der Waals surface area contributed by atoms with Crippen LogP contribution in [0.5, 0.6) is 0 Å². The van der Waals surface area contributed by atoms with Gasteiger partial charge in [0.05, 0.1) is 5.02 Å². The zero-order valence-corrected chi connectivity index (χ0v) is 16.7. The Labute approximate surface area is 172 Å². The fraction of sp³-hybridized carbons (Fsp3) is 0.333. The van der Waals surface area contributed by atoms with Crippen LogP contribution in [0.3, 0.4) is 0 Å². The topological polar surface area (TPSA) is 18.5 Å². The Balaban J connectivity index is 2.01. The van der Waals surface area contributed by atoms with Gasteiger partial charge in [-0.05, 0) is 42.3 Å². The van der Waals surface area contributed by atoms with Gasteiger partial charge in [-0.15, -0.1) is 0 Å². The first-order valence-electron chi connectivity index (χ1n) is 9.21. The average Bonchev–Trinajstić information content (AvgIpc) is 2.69. The maximum Gasteiger partial charge on any atom is 0.430 e. The average molecular weight is 428 g/mol. The largest absolute Gasteiger partial charge is 0.430 e. The lowest BCUT2D eigenvalue weighted by Gasteiger charge is -2.34. The van der Waals surface area contributed by atoms with E-state index in [1.165, 1.54) is 12.1 Å². The first-order chi connectivity index (χ1) is 13.7.